The van der Waals surface area contributed by atoms with Gasteiger partial charge in [0.05, 0.1) is 28.8 Å². The number of likely N-dealkylation sites (tertiary alicyclic amines) is 1. The first kappa shape index (κ1) is 16.7. The van der Waals surface area contributed by atoms with Crippen LogP contribution in [0, 0.1) is 0 Å². The lowest BCUT2D eigenvalue weighted by Gasteiger charge is -2.27. The molecule has 2 aliphatic heterocycles. The summed E-state index contributed by atoms with van der Waals surface area (Å²) in [5.41, 5.74) is 0. The van der Waals surface area contributed by atoms with Crippen molar-refractivity contribution in [3.63, 3.8) is 0 Å². The summed E-state index contributed by atoms with van der Waals surface area (Å²) < 4.78 is 55.1. The molecular formula is C15H21NO5S2. The molecule has 3 rings (SSSR count). The summed E-state index contributed by atoms with van der Waals surface area (Å²) in [6, 6.07) is 5.71. The van der Waals surface area contributed by atoms with E-state index < -0.39 is 31.0 Å². The maximum atomic E-state index is 13.0. The average Bonchev–Trinajstić information content (AvgIpc) is 3.14. The number of hydrogen-bond acceptors (Lipinski definition) is 6. The van der Waals surface area contributed by atoms with E-state index in [0.717, 1.165) is 25.9 Å². The summed E-state index contributed by atoms with van der Waals surface area (Å²) in [5, 5.41) is -0.890. The van der Waals surface area contributed by atoms with E-state index in [1.807, 2.05) is 4.90 Å². The number of nitrogens with zero attached hydrogens (tertiary/aromatic N) is 1. The van der Waals surface area contributed by atoms with Gasteiger partial charge in [-0.25, -0.2) is 16.8 Å². The molecule has 2 atom stereocenters. The van der Waals surface area contributed by atoms with E-state index in [9.17, 15) is 16.8 Å². The van der Waals surface area contributed by atoms with E-state index in [4.69, 9.17) is 4.74 Å². The van der Waals surface area contributed by atoms with Crippen LogP contribution in [0.3, 0.4) is 0 Å². The highest BCUT2D eigenvalue weighted by Crippen LogP contribution is 2.31. The van der Waals surface area contributed by atoms with Gasteiger partial charge in [-0.15, -0.1) is 0 Å². The van der Waals surface area contributed by atoms with Crippen molar-refractivity contribution >= 4 is 19.7 Å². The number of ether oxygens (including phenoxy) is 1. The predicted octanol–water partition coefficient (Wildman–Crippen LogP) is 0.730. The highest BCUT2D eigenvalue weighted by Gasteiger charge is 2.48. The van der Waals surface area contributed by atoms with Gasteiger partial charge in [0, 0.05) is 6.04 Å². The average molecular weight is 359 g/mol. The van der Waals surface area contributed by atoms with Crippen LogP contribution in [0.25, 0.3) is 0 Å². The van der Waals surface area contributed by atoms with Crippen molar-refractivity contribution < 1.29 is 21.6 Å². The molecule has 2 saturated heterocycles. The molecule has 0 bridgehead atoms. The molecule has 0 aromatic heterocycles. The molecule has 0 spiro atoms. The van der Waals surface area contributed by atoms with Crippen molar-refractivity contribution in [1.29, 1.82) is 0 Å². The molecule has 0 amide bonds. The molecule has 6 nitrogen and oxygen atoms in total. The topological polar surface area (TPSA) is 80.8 Å². The van der Waals surface area contributed by atoms with E-state index in [1.165, 1.54) is 19.2 Å². The van der Waals surface area contributed by atoms with E-state index in [1.54, 1.807) is 12.1 Å². The van der Waals surface area contributed by atoms with Crippen LogP contribution < -0.4 is 4.74 Å². The van der Waals surface area contributed by atoms with Crippen LogP contribution in [0.15, 0.2) is 29.2 Å². The zero-order valence-electron chi connectivity index (χ0n) is 13.0. The monoisotopic (exact) mass is 359 g/mol. The number of sulfone groups is 2. The van der Waals surface area contributed by atoms with Gasteiger partial charge in [-0.1, -0.05) is 0 Å². The first-order chi connectivity index (χ1) is 10.8. The second kappa shape index (κ2) is 6.07. The van der Waals surface area contributed by atoms with Crippen LogP contribution in [-0.2, 0) is 19.7 Å². The molecule has 23 heavy (non-hydrogen) atoms. The van der Waals surface area contributed by atoms with Gasteiger partial charge >= 0.3 is 0 Å². The Morgan fingerprint density at radius 3 is 2.26 bits per heavy atom. The Bertz CT molecular complexity index is 765. The van der Waals surface area contributed by atoms with E-state index in [0.29, 0.717) is 5.75 Å². The van der Waals surface area contributed by atoms with Crippen molar-refractivity contribution in [2.24, 2.45) is 0 Å². The third kappa shape index (κ3) is 3.25. The van der Waals surface area contributed by atoms with Crippen molar-refractivity contribution in [3.05, 3.63) is 24.3 Å². The maximum Gasteiger partial charge on any atom is 0.183 e. The van der Waals surface area contributed by atoms with Gasteiger partial charge in [0.2, 0.25) is 0 Å². The Balaban J connectivity index is 1.95. The summed E-state index contributed by atoms with van der Waals surface area (Å²) in [6.45, 7) is 1.55. The van der Waals surface area contributed by atoms with Crippen LogP contribution in [-0.4, -0.2) is 64.7 Å². The minimum absolute atomic E-state index is 0.0624. The summed E-state index contributed by atoms with van der Waals surface area (Å²) in [4.78, 5) is 2.18. The molecule has 0 aliphatic carbocycles. The van der Waals surface area contributed by atoms with Gasteiger partial charge < -0.3 is 4.74 Å². The van der Waals surface area contributed by atoms with Crippen LogP contribution in [0.1, 0.15) is 12.8 Å². The highest BCUT2D eigenvalue weighted by atomic mass is 32.2. The molecule has 0 radical (unpaired) electrons. The molecule has 1 aromatic carbocycles. The van der Waals surface area contributed by atoms with Gasteiger partial charge in [0.25, 0.3) is 0 Å². The molecule has 2 aliphatic rings. The summed E-state index contributed by atoms with van der Waals surface area (Å²) in [5.74, 6) is 0.217. The smallest absolute Gasteiger partial charge is 0.183 e. The van der Waals surface area contributed by atoms with E-state index in [-0.39, 0.29) is 16.4 Å². The van der Waals surface area contributed by atoms with Gasteiger partial charge in [0.1, 0.15) is 5.75 Å². The number of methoxy groups -OCH3 is 1. The molecule has 0 N–H and O–H groups in total. The van der Waals surface area contributed by atoms with E-state index >= 15 is 0 Å². The third-order valence-corrected chi connectivity index (χ3v) is 8.80. The molecule has 1 aromatic rings. The van der Waals surface area contributed by atoms with Crippen molar-refractivity contribution in [1.82, 2.24) is 4.90 Å². The minimum atomic E-state index is -3.70. The Hall–Kier alpha value is -1.12. The molecule has 2 heterocycles. The first-order valence-electron chi connectivity index (χ1n) is 7.66. The van der Waals surface area contributed by atoms with Crippen LogP contribution in [0.2, 0.25) is 0 Å². The largest absolute Gasteiger partial charge is 0.497 e. The second-order valence-electron chi connectivity index (χ2n) is 6.15. The minimum Gasteiger partial charge on any atom is -0.497 e. The summed E-state index contributed by atoms with van der Waals surface area (Å²) in [6.07, 6.45) is 1.98. The Kier molecular flexibility index (Phi) is 4.41. The summed E-state index contributed by atoms with van der Waals surface area (Å²) >= 11 is 0. The zero-order valence-corrected chi connectivity index (χ0v) is 14.6. The molecule has 8 heteroatoms. The standard InChI is InChI=1S/C15H21NO5S2/c1-21-12-4-6-13(7-5-12)23(19,20)15-11-22(17,18)10-14(15)16-8-2-3-9-16/h4-7,14-15H,2-3,8-11H2,1H3. The molecule has 2 fully saturated rings. The lowest BCUT2D eigenvalue weighted by molar-refractivity contribution is 0.264. The molecule has 2 unspecified atom stereocenters. The van der Waals surface area contributed by atoms with Gasteiger partial charge in [-0.3, -0.25) is 4.90 Å². The lowest BCUT2D eigenvalue weighted by atomic mass is 10.2. The lowest BCUT2D eigenvalue weighted by Crippen LogP contribution is -2.45. The molecule has 128 valence electrons. The number of rotatable bonds is 4. The van der Waals surface area contributed by atoms with Crippen molar-refractivity contribution in [2.45, 2.75) is 29.0 Å². The van der Waals surface area contributed by atoms with Gasteiger partial charge in [-0.2, -0.15) is 0 Å². The van der Waals surface area contributed by atoms with Crippen molar-refractivity contribution in [2.75, 3.05) is 31.7 Å². The maximum absolute atomic E-state index is 13.0. The zero-order chi connectivity index (χ0) is 16.7. The second-order valence-corrected chi connectivity index (χ2v) is 10.5. The molecule has 0 saturated carbocycles. The highest BCUT2D eigenvalue weighted by molar-refractivity contribution is 7.96. The van der Waals surface area contributed by atoms with Crippen LogP contribution >= 0.6 is 0 Å². The fraction of sp³-hybridized carbons (Fsp3) is 0.600. The SMILES string of the molecule is COc1ccc(S(=O)(=O)C2CS(=O)(=O)CC2N2CCCC2)cc1. The Morgan fingerprint density at radius 2 is 1.70 bits per heavy atom. The fourth-order valence-electron chi connectivity index (χ4n) is 3.45. The Morgan fingerprint density at radius 1 is 1.09 bits per heavy atom. The van der Waals surface area contributed by atoms with Crippen molar-refractivity contribution in [3.8, 4) is 5.75 Å². The fourth-order valence-corrected chi connectivity index (χ4v) is 8.28. The van der Waals surface area contributed by atoms with Gasteiger partial charge in [-0.05, 0) is 50.2 Å². The normalized spacial score (nSPS) is 28.0. The van der Waals surface area contributed by atoms with Gasteiger partial charge in [0.15, 0.2) is 19.7 Å². The predicted molar refractivity (Wildman–Crippen MR) is 87.2 cm³/mol. The number of benzene rings is 1. The quantitative estimate of drug-likeness (QED) is 0.788. The van der Waals surface area contributed by atoms with Crippen LogP contribution in [0.4, 0.5) is 0 Å². The summed E-state index contributed by atoms with van der Waals surface area (Å²) in [7, 11) is -5.52. The van der Waals surface area contributed by atoms with E-state index in [2.05, 4.69) is 0 Å². The Labute approximate surface area is 137 Å². The molecular weight excluding hydrogens is 338 g/mol. The third-order valence-electron chi connectivity index (χ3n) is 4.67. The number of hydrogen-bond donors (Lipinski definition) is 0. The van der Waals surface area contributed by atoms with Crippen LogP contribution in [0.5, 0.6) is 5.75 Å². The first-order valence-corrected chi connectivity index (χ1v) is 11.0.